The number of methoxy groups -OCH3 is 1. The summed E-state index contributed by atoms with van der Waals surface area (Å²) in [6.45, 7) is 1.06. The molecule has 9 heteroatoms. The molecule has 0 saturated carbocycles. The van der Waals surface area contributed by atoms with E-state index in [4.69, 9.17) is 27.9 Å². The van der Waals surface area contributed by atoms with E-state index >= 15 is 0 Å². The Morgan fingerprint density at radius 2 is 1.86 bits per heavy atom. The number of ether oxygens (including phenoxy) is 1. The molecule has 0 unspecified atom stereocenters. The topological polar surface area (TPSA) is 82.7 Å². The van der Waals surface area contributed by atoms with Gasteiger partial charge in [0.05, 0.1) is 21.3 Å². The molecular formula is C20H24Cl2N4O3. The first-order valence-corrected chi connectivity index (χ1v) is 9.69. The third-order valence-corrected chi connectivity index (χ3v) is 4.81. The highest BCUT2D eigenvalue weighted by Gasteiger charge is 2.15. The number of hydrogen-bond acceptors (Lipinski definition) is 4. The van der Waals surface area contributed by atoms with Crippen molar-refractivity contribution in [2.45, 2.75) is 6.42 Å². The predicted octanol–water partition coefficient (Wildman–Crippen LogP) is 4.47. The van der Waals surface area contributed by atoms with Crippen LogP contribution in [-0.4, -0.2) is 46.3 Å². The second kappa shape index (κ2) is 10.9. The molecule has 0 aromatic heterocycles. The molecule has 2 aromatic rings. The van der Waals surface area contributed by atoms with Crippen molar-refractivity contribution >= 4 is 52.2 Å². The number of rotatable bonds is 8. The highest BCUT2D eigenvalue weighted by atomic mass is 35.5. The first-order chi connectivity index (χ1) is 13.8. The van der Waals surface area contributed by atoms with Gasteiger partial charge in [0.15, 0.2) is 0 Å². The summed E-state index contributed by atoms with van der Waals surface area (Å²) in [7, 11) is 5.30. The number of amides is 3. The third-order valence-electron chi connectivity index (χ3n) is 3.99. The van der Waals surface area contributed by atoms with Crippen LogP contribution in [0.15, 0.2) is 36.4 Å². The Kier molecular flexibility index (Phi) is 8.57. The highest BCUT2D eigenvalue weighted by molar-refractivity contribution is 6.44. The summed E-state index contributed by atoms with van der Waals surface area (Å²) in [5.74, 6) is -0.230. The number of hydrogen-bond donors (Lipinski definition) is 3. The minimum absolute atomic E-state index is 0.230. The molecule has 2 rings (SSSR count). The fraction of sp³-hybridized carbons (Fsp3) is 0.300. The van der Waals surface area contributed by atoms with Gasteiger partial charge in [0.1, 0.15) is 0 Å². The van der Waals surface area contributed by atoms with Crippen LogP contribution in [0, 0.1) is 0 Å². The van der Waals surface area contributed by atoms with Gasteiger partial charge in [-0.1, -0.05) is 29.3 Å². The number of halogens is 2. The first-order valence-electron chi connectivity index (χ1n) is 8.94. The summed E-state index contributed by atoms with van der Waals surface area (Å²) in [6, 6.07) is 9.56. The van der Waals surface area contributed by atoms with Crippen molar-refractivity contribution in [3.63, 3.8) is 0 Å². The van der Waals surface area contributed by atoms with Gasteiger partial charge in [-0.15, -0.1) is 0 Å². The average molecular weight is 439 g/mol. The van der Waals surface area contributed by atoms with Crippen LogP contribution >= 0.6 is 23.2 Å². The molecule has 0 fully saturated rings. The van der Waals surface area contributed by atoms with Crippen molar-refractivity contribution in [1.29, 1.82) is 0 Å². The van der Waals surface area contributed by atoms with Crippen molar-refractivity contribution in [3.05, 3.63) is 52.0 Å². The van der Waals surface area contributed by atoms with Gasteiger partial charge in [-0.2, -0.15) is 0 Å². The van der Waals surface area contributed by atoms with E-state index in [1.807, 2.05) is 19.0 Å². The maximum Gasteiger partial charge on any atom is 0.323 e. The standard InChI is InChI=1S/C20H24Cl2N4O3/c1-26(2)17-9-8-13(12-14(17)19(27)23-10-5-11-29-3)24-20(28)25-16-7-4-6-15(21)18(16)22/h4,6-9,12H,5,10-11H2,1-3H3,(H,23,27)(H2,24,25,28). The minimum Gasteiger partial charge on any atom is -0.385 e. The summed E-state index contributed by atoms with van der Waals surface area (Å²) in [4.78, 5) is 26.8. The van der Waals surface area contributed by atoms with Crippen LogP contribution < -0.4 is 20.9 Å². The van der Waals surface area contributed by atoms with Gasteiger partial charge < -0.3 is 25.6 Å². The maximum absolute atomic E-state index is 12.6. The fourth-order valence-corrected chi connectivity index (χ4v) is 2.93. The number of carbonyl (C=O) groups excluding carboxylic acids is 2. The zero-order chi connectivity index (χ0) is 21.4. The Morgan fingerprint density at radius 3 is 2.55 bits per heavy atom. The lowest BCUT2D eigenvalue weighted by Gasteiger charge is -2.19. The largest absolute Gasteiger partial charge is 0.385 e. The lowest BCUT2D eigenvalue weighted by Crippen LogP contribution is -2.27. The Hall–Kier alpha value is -2.48. The van der Waals surface area contributed by atoms with Gasteiger partial charge in [0.25, 0.3) is 5.91 Å². The van der Waals surface area contributed by atoms with Gasteiger partial charge in [-0.25, -0.2) is 4.79 Å². The quantitative estimate of drug-likeness (QED) is 0.530. The lowest BCUT2D eigenvalue weighted by atomic mass is 10.1. The minimum atomic E-state index is -0.502. The van der Waals surface area contributed by atoms with Gasteiger partial charge in [0.2, 0.25) is 0 Å². The van der Waals surface area contributed by atoms with Crippen LogP contribution in [0.2, 0.25) is 10.0 Å². The van der Waals surface area contributed by atoms with E-state index in [1.165, 1.54) is 0 Å². The number of carbonyl (C=O) groups is 2. The summed E-state index contributed by atoms with van der Waals surface area (Å²) in [5, 5.41) is 8.80. The zero-order valence-corrected chi connectivity index (χ0v) is 18.0. The zero-order valence-electron chi connectivity index (χ0n) is 16.5. The molecule has 7 nitrogen and oxygen atoms in total. The Bertz CT molecular complexity index is 875. The van der Waals surface area contributed by atoms with Crippen LogP contribution in [0.1, 0.15) is 16.8 Å². The van der Waals surface area contributed by atoms with Crippen LogP contribution in [-0.2, 0) is 4.74 Å². The van der Waals surface area contributed by atoms with Gasteiger partial charge in [0, 0.05) is 45.7 Å². The summed E-state index contributed by atoms with van der Waals surface area (Å²) in [6.07, 6.45) is 0.709. The molecule has 156 valence electrons. The second-order valence-electron chi connectivity index (χ2n) is 6.41. The van der Waals surface area contributed by atoms with E-state index < -0.39 is 6.03 Å². The van der Waals surface area contributed by atoms with Crippen LogP contribution in [0.3, 0.4) is 0 Å². The van der Waals surface area contributed by atoms with Crippen LogP contribution in [0.4, 0.5) is 21.9 Å². The molecule has 0 aliphatic carbocycles. The summed E-state index contributed by atoms with van der Waals surface area (Å²) >= 11 is 12.1. The lowest BCUT2D eigenvalue weighted by molar-refractivity contribution is 0.0949. The molecule has 0 radical (unpaired) electrons. The Balaban J connectivity index is 2.13. The van der Waals surface area contributed by atoms with Crippen molar-refractivity contribution in [1.82, 2.24) is 5.32 Å². The number of nitrogens with zero attached hydrogens (tertiary/aromatic N) is 1. The van der Waals surface area contributed by atoms with Crippen molar-refractivity contribution < 1.29 is 14.3 Å². The monoisotopic (exact) mass is 438 g/mol. The molecule has 0 aliphatic heterocycles. The van der Waals surface area contributed by atoms with E-state index in [0.717, 1.165) is 5.69 Å². The smallest absolute Gasteiger partial charge is 0.323 e. The SMILES string of the molecule is COCCCNC(=O)c1cc(NC(=O)Nc2cccc(Cl)c2Cl)ccc1N(C)C. The fourth-order valence-electron chi connectivity index (χ4n) is 2.58. The molecule has 0 atom stereocenters. The molecule has 0 spiro atoms. The molecule has 29 heavy (non-hydrogen) atoms. The molecule has 3 amide bonds. The van der Waals surface area contributed by atoms with Gasteiger partial charge >= 0.3 is 6.03 Å². The number of benzene rings is 2. The molecule has 0 aliphatic rings. The third kappa shape index (κ3) is 6.52. The first kappa shape index (κ1) is 22.8. The van der Waals surface area contributed by atoms with E-state index in [-0.39, 0.29) is 10.9 Å². The molecule has 2 aromatic carbocycles. The van der Waals surface area contributed by atoms with Gasteiger partial charge in [-0.3, -0.25) is 4.79 Å². The number of urea groups is 1. The molecule has 0 saturated heterocycles. The normalized spacial score (nSPS) is 10.4. The molecular weight excluding hydrogens is 415 g/mol. The summed E-state index contributed by atoms with van der Waals surface area (Å²) in [5.41, 5.74) is 2.04. The Labute approximate surface area is 180 Å². The number of nitrogens with one attached hydrogen (secondary N) is 3. The summed E-state index contributed by atoms with van der Waals surface area (Å²) < 4.78 is 4.99. The van der Waals surface area contributed by atoms with Gasteiger partial charge in [-0.05, 0) is 36.8 Å². The van der Waals surface area contributed by atoms with Crippen molar-refractivity contribution in [2.24, 2.45) is 0 Å². The van der Waals surface area contributed by atoms with E-state index in [2.05, 4.69) is 16.0 Å². The highest BCUT2D eigenvalue weighted by Crippen LogP contribution is 2.30. The van der Waals surface area contributed by atoms with E-state index in [1.54, 1.807) is 43.5 Å². The molecule has 0 heterocycles. The predicted molar refractivity (Wildman–Crippen MR) is 119 cm³/mol. The van der Waals surface area contributed by atoms with E-state index in [9.17, 15) is 9.59 Å². The van der Waals surface area contributed by atoms with E-state index in [0.29, 0.717) is 41.5 Å². The molecule has 3 N–H and O–H groups in total. The van der Waals surface area contributed by atoms with Crippen LogP contribution in [0.5, 0.6) is 0 Å². The second-order valence-corrected chi connectivity index (χ2v) is 7.19. The maximum atomic E-state index is 12.6. The number of anilines is 3. The van der Waals surface area contributed by atoms with Crippen LogP contribution in [0.25, 0.3) is 0 Å². The average Bonchev–Trinajstić information content (AvgIpc) is 2.68. The Morgan fingerprint density at radius 1 is 1.10 bits per heavy atom. The van der Waals surface area contributed by atoms with Crippen molar-refractivity contribution in [3.8, 4) is 0 Å². The molecule has 0 bridgehead atoms. The van der Waals surface area contributed by atoms with Crippen molar-refractivity contribution in [2.75, 3.05) is 49.9 Å².